The highest BCUT2D eigenvalue weighted by Gasteiger charge is 2.24. The third kappa shape index (κ3) is 4.33. The van der Waals surface area contributed by atoms with Crippen molar-refractivity contribution in [2.75, 3.05) is 19.6 Å². The van der Waals surface area contributed by atoms with Gasteiger partial charge in [-0.25, -0.2) is 0 Å². The zero-order valence-corrected chi connectivity index (χ0v) is 12.5. The molecule has 1 heterocycles. The first kappa shape index (κ1) is 15.0. The van der Waals surface area contributed by atoms with Crippen molar-refractivity contribution in [3.05, 3.63) is 35.9 Å². The Labute approximate surface area is 122 Å². The van der Waals surface area contributed by atoms with Crippen LogP contribution < -0.4 is 5.32 Å². The highest BCUT2D eigenvalue weighted by Crippen LogP contribution is 2.26. The van der Waals surface area contributed by atoms with Crippen LogP contribution >= 0.6 is 0 Å². The van der Waals surface area contributed by atoms with Gasteiger partial charge in [-0.3, -0.25) is 5.32 Å². The van der Waals surface area contributed by atoms with Crippen LogP contribution in [0.15, 0.2) is 30.3 Å². The highest BCUT2D eigenvalue weighted by molar-refractivity contribution is 5.21. The maximum absolute atomic E-state index is 9.15. The molecule has 108 valence electrons. The van der Waals surface area contributed by atoms with Crippen LogP contribution in [0, 0.1) is 11.3 Å². The molecule has 0 saturated carbocycles. The Morgan fingerprint density at radius 2 is 2.10 bits per heavy atom. The van der Waals surface area contributed by atoms with Crippen LogP contribution in [-0.4, -0.2) is 36.6 Å². The molecule has 1 aromatic rings. The van der Waals surface area contributed by atoms with E-state index < -0.39 is 0 Å². The Balaban J connectivity index is 1.78. The summed E-state index contributed by atoms with van der Waals surface area (Å²) in [5.74, 6) is 0.662. The molecule has 2 rings (SSSR count). The first-order valence-electron chi connectivity index (χ1n) is 7.62. The lowest BCUT2D eigenvalue weighted by atomic mass is 9.99. The minimum absolute atomic E-state index is 0.0224. The minimum Gasteiger partial charge on any atom is -0.303 e. The van der Waals surface area contributed by atoms with Gasteiger partial charge < -0.3 is 4.90 Å². The number of nitrogens with zero attached hydrogens (tertiary/aromatic N) is 2. The van der Waals surface area contributed by atoms with Gasteiger partial charge in [0.15, 0.2) is 0 Å². The van der Waals surface area contributed by atoms with E-state index in [1.54, 1.807) is 0 Å². The van der Waals surface area contributed by atoms with Crippen LogP contribution in [0.3, 0.4) is 0 Å². The van der Waals surface area contributed by atoms with Gasteiger partial charge in [0.05, 0.1) is 12.1 Å². The van der Waals surface area contributed by atoms with Gasteiger partial charge in [0, 0.05) is 19.1 Å². The Hall–Kier alpha value is -1.37. The lowest BCUT2D eigenvalue weighted by Crippen LogP contribution is -2.36. The number of rotatable bonds is 6. The summed E-state index contributed by atoms with van der Waals surface area (Å²) in [6, 6.07) is 13.5. The van der Waals surface area contributed by atoms with Gasteiger partial charge in [0.2, 0.25) is 0 Å². The maximum atomic E-state index is 9.15. The molecule has 0 aliphatic carbocycles. The number of nitrogens with one attached hydrogen (secondary N) is 1. The molecule has 0 aromatic heterocycles. The van der Waals surface area contributed by atoms with Crippen molar-refractivity contribution in [1.29, 1.82) is 5.26 Å². The number of benzene rings is 1. The average Bonchev–Trinajstić information content (AvgIpc) is 2.93. The lowest BCUT2D eigenvalue weighted by Gasteiger charge is -2.20. The quantitative estimate of drug-likeness (QED) is 0.864. The maximum Gasteiger partial charge on any atom is 0.0967 e. The molecule has 1 saturated heterocycles. The number of likely N-dealkylation sites (tertiary alicyclic amines) is 1. The molecule has 1 aliphatic rings. The SMILES string of the molecule is CC(C)NC(C#N)CCN1CCC(c2ccccc2)C1. The fraction of sp³-hybridized carbons (Fsp3) is 0.588. The summed E-state index contributed by atoms with van der Waals surface area (Å²) in [5, 5.41) is 12.5. The van der Waals surface area contributed by atoms with Crippen molar-refractivity contribution < 1.29 is 0 Å². The van der Waals surface area contributed by atoms with Gasteiger partial charge in [-0.05, 0) is 44.7 Å². The first-order valence-corrected chi connectivity index (χ1v) is 7.62. The van der Waals surface area contributed by atoms with E-state index in [1.165, 1.54) is 12.0 Å². The topological polar surface area (TPSA) is 39.1 Å². The van der Waals surface area contributed by atoms with E-state index in [9.17, 15) is 0 Å². The van der Waals surface area contributed by atoms with Gasteiger partial charge in [-0.2, -0.15) is 5.26 Å². The Bertz CT molecular complexity index is 435. The lowest BCUT2D eigenvalue weighted by molar-refractivity contribution is 0.314. The fourth-order valence-electron chi connectivity index (χ4n) is 2.93. The standard InChI is InChI=1S/C17H25N3/c1-14(2)19-17(12-18)9-11-20-10-8-16(13-20)15-6-4-3-5-7-15/h3-7,14,16-17,19H,8-11,13H2,1-2H3. The van der Waals surface area contributed by atoms with Gasteiger partial charge in [-0.1, -0.05) is 30.3 Å². The van der Waals surface area contributed by atoms with Gasteiger partial charge >= 0.3 is 0 Å². The molecular formula is C17H25N3. The van der Waals surface area contributed by atoms with Crippen molar-refractivity contribution in [1.82, 2.24) is 10.2 Å². The summed E-state index contributed by atoms with van der Waals surface area (Å²) in [7, 11) is 0. The Morgan fingerprint density at radius 3 is 2.75 bits per heavy atom. The number of nitriles is 1. The van der Waals surface area contributed by atoms with Gasteiger partial charge in [0.25, 0.3) is 0 Å². The largest absolute Gasteiger partial charge is 0.303 e. The van der Waals surface area contributed by atoms with Crippen LogP contribution in [0.25, 0.3) is 0 Å². The normalized spacial score (nSPS) is 21.0. The zero-order valence-electron chi connectivity index (χ0n) is 12.5. The summed E-state index contributed by atoms with van der Waals surface area (Å²) in [4.78, 5) is 2.49. The minimum atomic E-state index is -0.0224. The Morgan fingerprint density at radius 1 is 1.35 bits per heavy atom. The molecule has 2 unspecified atom stereocenters. The van der Waals surface area contributed by atoms with Crippen LogP contribution in [0.1, 0.15) is 38.2 Å². The molecule has 1 fully saturated rings. The first-order chi connectivity index (χ1) is 9.69. The molecule has 1 aliphatic heterocycles. The van der Waals surface area contributed by atoms with Crippen LogP contribution in [0.5, 0.6) is 0 Å². The number of hydrogen-bond acceptors (Lipinski definition) is 3. The molecule has 20 heavy (non-hydrogen) atoms. The molecule has 1 aromatic carbocycles. The molecule has 0 amide bonds. The summed E-state index contributed by atoms with van der Waals surface area (Å²) in [5.41, 5.74) is 1.45. The average molecular weight is 271 g/mol. The molecule has 3 heteroatoms. The van der Waals surface area contributed by atoms with E-state index >= 15 is 0 Å². The second-order valence-electron chi connectivity index (χ2n) is 5.99. The summed E-state index contributed by atoms with van der Waals surface area (Å²) in [6.45, 7) is 7.47. The smallest absolute Gasteiger partial charge is 0.0967 e. The predicted octanol–water partition coefficient (Wildman–Crippen LogP) is 2.76. The second kappa shape index (κ2) is 7.42. The third-order valence-corrected chi connectivity index (χ3v) is 3.97. The second-order valence-corrected chi connectivity index (χ2v) is 5.99. The van der Waals surface area contributed by atoms with E-state index in [-0.39, 0.29) is 6.04 Å². The van der Waals surface area contributed by atoms with E-state index in [2.05, 4.69) is 60.5 Å². The molecular weight excluding hydrogens is 246 g/mol. The molecule has 1 N–H and O–H groups in total. The third-order valence-electron chi connectivity index (χ3n) is 3.97. The van der Waals surface area contributed by atoms with Crippen molar-refractivity contribution in [2.45, 2.75) is 44.7 Å². The van der Waals surface area contributed by atoms with Crippen LogP contribution in [0.2, 0.25) is 0 Å². The molecule has 3 nitrogen and oxygen atoms in total. The highest BCUT2D eigenvalue weighted by atomic mass is 15.1. The van der Waals surface area contributed by atoms with E-state index in [1.807, 2.05) is 0 Å². The van der Waals surface area contributed by atoms with Gasteiger partial charge in [0.1, 0.15) is 0 Å². The molecule has 0 radical (unpaired) electrons. The van der Waals surface area contributed by atoms with Crippen molar-refractivity contribution in [2.24, 2.45) is 0 Å². The summed E-state index contributed by atoms with van der Waals surface area (Å²) < 4.78 is 0. The van der Waals surface area contributed by atoms with E-state index in [4.69, 9.17) is 5.26 Å². The predicted molar refractivity (Wildman–Crippen MR) is 82.5 cm³/mol. The number of hydrogen-bond donors (Lipinski definition) is 1. The van der Waals surface area contributed by atoms with Crippen molar-refractivity contribution in [3.8, 4) is 6.07 Å². The van der Waals surface area contributed by atoms with E-state index in [0.717, 1.165) is 26.1 Å². The van der Waals surface area contributed by atoms with E-state index in [0.29, 0.717) is 12.0 Å². The van der Waals surface area contributed by atoms with Crippen LogP contribution in [0.4, 0.5) is 0 Å². The summed E-state index contributed by atoms with van der Waals surface area (Å²) >= 11 is 0. The monoisotopic (exact) mass is 271 g/mol. The molecule has 2 atom stereocenters. The zero-order chi connectivity index (χ0) is 14.4. The Kier molecular flexibility index (Phi) is 5.58. The fourth-order valence-corrected chi connectivity index (χ4v) is 2.93. The summed E-state index contributed by atoms with van der Waals surface area (Å²) in [6.07, 6.45) is 2.15. The molecule has 0 bridgehead atoms. The van der Waals surface area contributed by atoms with Crippen molar-refractivity contribution in [3.63, 3.8) is 0 Å². The molecule has 0 spiro atoms. The van der Waals surface area contributed by atoms with Crippen molar-refractivity contribution >= 4 is 0 Å². The van der Waals surface area contributed by atoms with Crippen LogP contribution in [-0.2, 0) is 0 Å². The van der Waals surface area contributed by atoms with Gasteiger partial charge in [-0.15, -0.1) is 0 Å².